The molecule has 0 fully saturated rings. The SMILES string of the molecule is Cc1nc(Cn2c(C)nc3ccccc32)sc1C(=O)O. The summed E-state index contributed by atoms with van der Waals surface area (Å²) in [6.07, 6.45) is 0. The van der Waals surface area contributed by atoms with E-state index >= 15 is 0 Å². The van der Waals surface area contributed by atoms with E-state index in [4.69, 9.17) is 5.11 Å². The van der Waals surface area contributed by atoms with Crippen molar-refractivity contribution >= 4 is 28.3 Å². The lowest BCUT2D eigenvalue weighted by Crippen LogP contribution is -2.01. The number of hydrogen-bond donors (Lipinski definition) is 1. The number of para-hydroxylation sites is 2. The molecule has 102 valence electrons. The molecule has 0 saturated heterocycles. The fourth-order valence-corrected chi connectivity index (χ4v) is 3.14. The Balaban J connectivity index is 2.03. The summed E-state index contributed by atoms with van der Waals surface area (Å²) in [4.78, 5) is 20.2. The van der Waals surface area contributed by atoms with Crippen molar-refractivity contribution in [2.75, 3.05) is 0 Å². The molecule has 0 spiro atoms. The third kappa shape index (κ3) is 2.08. The summed E-state index contributed by atoms with van der Waals surface area (Å²) in [6, 6.07) is 7.90. The first-order valence-electron chi connectivity index (χ1n) is 6.17. The van der Waals surface area contributed by atoms with Gasteiger partial charge in [0, 0.05) is 0 Å². The van der Waals surface area contributed by atoms with Gasteiger partial charge in [-0.05, 0) is 26.0 Å². The van der Waals surface area contributed by atoms with Gasteiger partial charge in [0.15, 0.2) is 0 Å². The van der Waals surface area contributed by atoms with Crippen LogP contribution in [0, 0.1) is 13.8 Å². The predicted octanol–water partition coefficient (Wildman–Crippen LogP) is 2.86. The van der Waals surface area contributed by atoms with E-state index in [9.17, 15) is 4.79 Å². The van der Waals surface area contributed by atoms with Crippen molar-refractivity contribution in [1.29, 1.82) is 0 Å². The third-order valence-electron chi connectivity index (χ3n) is 3.17. The van der Waals surface area contributed by atoms with E-state index in [0.29, 0.717) is 17.1 Å². The van der Waals surface area contributed by atoms with Crippen LogP contribution in [0.4, 0.5) is 0 Å². The van der Waals surface area contributed by atoms with Gasteiger partial charge in [-0.25, -0.2) is 14.8 Å². The average molecular weight is 287 g/mol. The summed E-state index contributed by atoms with van der Waals surface area (Å²) in [5.74, 6) is -0.0191. The van der Waals surface area contributed by atoms with E-state index in [1.807, 2.05) is 31.2 Å². The largest absolute Gasteiger partial charge is 0.477 e. The first kappa shape index (κ1) is 12.8. The molecule has 0 unspecified atom stereocenters. The number of hydrogen-bond acceptors (Lipinski definition) is 4. The first-order valence-corrected chi connectivity index (χ1v) is 6.99. The average Bonchev–Trinajstić information content (AvgIpc) is 2.92. The van der Waals surface area contributed by atoms with Crippen molar-refractivity contribution < 1.29 is 9.90 Å². The molecular weight excluding hydrogens is 274 g/mol. The van der Waals surface area contributed by atoms with Crippen molar-refractivity contribution in [3.05, 3.63) is 45.7 Å². The van der Waals surface area contributed by atoms with Crippen LogP contribution in [0.3, 0.4) is 0 Å². The Hall–Kier alpha value is -2.21. The number of carbonyl (C=O) groups is 1. The molecule has 1 aromatic carbocycles. The lowest BCUT2D eigenvalue weighted by atomic mass is 10.3. The summed E-state index contributed by atoms with van der Waals surface area (Å²) >= 11 is 1.22. The van der Waals surface area contributed by atoms with Gasteiger partial charge in [0.25, 0.3) is 0 Å². The number of aromatic nitrogens is 3. The molecule has 2 aromatic heterocycles. The van der Waals surface area contributed by atoms with Gasteiger partial charge in [0.1, 0.15) is 15.7 Å². The zero-order valence-corrected chi connectivity index (χ0v) is 11.9. The van der Waals surface area contributed by atoms with Crippen molar-refractivity contribution in [2.24, 2.45) is 0 Å². The fourth-order valence-electron chi connectivity index (χ4n) is 2.25. The molecule has 0 aliphatic heterocycles. The minimum Gasteiger partial charge on any atom is -0.477 e. The second-order valence-corrected chi connectivity index (χ2v) is 5.64. The van der Waals surface area contributed by atoms with Gasteiger partial charge in [0.2, 0.25) is 0 Å². The second kappa shape index (κ2) is 4.72. The van der Waals surface area contributed by atoms with E-state index < -0.39 is 5.97 Å². The molecule has 3 rings (SSSR count). The van der Waals surface area contributed by atoms with Crippen LogP contribution in [0.5, 0.6) is 0 Å². The smallest absolute Gasteiger partial charge is 0.347 e. The lowest BCUT2D eigenvalue weighted by molar-refractivity contribution is 0.0701. The van der Waals surface area contributed by atoms with Gasteiger partial charge in [-0.1, -0.05) is 12.1 Å². The van der Waals surface area contributed by atoms with E-state index in [1.165, 1.54) is 11.3 Å². The summed E-state index contributed by atoms with van der Waals surface area (Å²) < 4.78 is 2.05. The van der Waals surface area contributed by atoms with Crippen LogP contribution in [-0.4, -0.2) is 25.6 Å². The highest BCUT2D eigenvalue weighted by Crippen LogP contribution is 2.22. The molecular formula is C14H13N3O2S. The molecule has 2 heterocycles. The molecule has 0 aliphatic carbocycles. The molecule has 0 amide bonds. The Labute approximate surface area is 119 Å². The monoisotopic (exact) mass is 287 g/mol. The second-order valence-electron chi connectivity index (χ2n) is 4.56. The summed E-state index contributed by atoms with van der Waals surface area (Å²) in [5.41, 5.74) is 2.55. The molecule has 0 saturated carbocycles. The van der Waals surface area contributed by atoms with Crippen LogP contribution in [0.15, 0.2) is 24.3 Å². The maximum Gasteiger partial charge on any atom is 0.347 e. The zero-order chi connectivity index (χ0) is 14.3. The van der Waals surface area contributed by atoms with Crippen LogP contribution in [-0.2, 0) is 6.54 Å². The highest BCUT2D eigenvalue weighted by molar-refractivity contribution is 7.13. The topological polar surface area (TPSA) is 68.0 Å². The van der Waals surface area contributed by atoms with E-state index in [2.05, 4.69) is 14.5 Å². The maximum atomic E-state index is 11.1. The number of rotatable bonds is 3. The third-order valence-corrected chi connectivity index (χ3v) is 4.30. The van der Waals surface area contributed by atoms with Crippen LogP contribution >= 0.6 is 11.3 Å². The van der Waals surface area contributed by atoms with Crippen LogP contribution < -0.4 is 0 Å². The first-order chi connectivity index (χ1) is 9.56. The molecule has 0 aliphatic rings. The van der Waals surface area contributed by atoms with Crippen LogP contribution in [0.1, 0.15) is 26.2 Å². The number of carboxylic acids is 1. The van der Waals surface area contributed by atoms with Gasteiger partial charge >= 0.3 is 5.97 Å². The van der Waals surface area contributed by atoms with Crippen molar-refractivity contribution in [2.45, 2.75) is 20.4 Å². The number of benzene rings is 1. The molecule has 1 N–H and O–H groups in total. The predicted molar refractivity (Wildman–Crippen MR) is 77.4 cm³/mol. The number of imidazole rings is 1. The zero-order valence-electron chi connectivity index (χ0n) is 11.1. The van der Waals surface area contributed by atoms with E-state index in [0.717, 1.165) is 21.9 Å². The van der Waals surface area contributed by atoms with Gasteiger partial charge in [-0.3, -0.25) is 0 Å². The molecule has 0 bridgehead atoms. The lowest BCUT2D eigenvalue weighted by Gasteiger charge is -2.03. The normalized spacial score (nSPS) is 11.1. The Kier molecular flexibility index (Phi) is 3.02. The Bertz CT molecular complexity index is 804. The number of carboxylic acid groups (broad SMARTS) is 1. The number of fused-ring (bicyclic) bond motifs is 1. The summed E-state index contributed by atoms with van der Waals surface area (Å²) in [7, 11) is 0. The Morgan fingerprint density at radius 3 is 2.75 bits per heavy atom. The Morgan fingerprint density at radius 1 is 1.30 bits per heavy atom. The number of thiazole rings is 1. The summed E-state index contributed by atoms with van der Waals surface area (Å²) in [5, 5.41) is 9.87. The molecule has 3 aromatic rings. The van der Waals surface area contributed by atoms with Gasteiger partial charge < -0.3 is 9.67 Å². The minimum atomic E-state index is -0.918. The minimum absolute atomic E-state index is 0.307. The maximum absolute atomic E-state index is 11.1. The van der Waals surface area contributed by atoms with Gasteiger partial charge in [-0.15, -0.1) is 11.3 Å². The van der Waals surface area contributed by atoms with Crippen molar-refractivity contribution in [3.63, 3.8) is 0 Å². The fraction of sp³-hybridized carbons (Fsp3) is 0.214. The van der Waals surface area contributed by atoms with Crippen LogP contribution in [0.25, 0.3) is 11.0 Å². The quantitative estimate of drug-likeness (QED) is 0.804. The molecule has 6 heteroatoms. The van der Waals surface area contributed by atoms with Crippen molar-refractivity contribution in [1.82, 2.24) is 14.5 Å². The Morgan fingerprint density at radius 2 is 2.05 bits per heavy atom. The number of nitrogens with zero attached hydrogens (tertiary/aromatic N) is 3. The molecule has 5 nitrogen and oxygen atoms in total. The van der Waals surface area contributed by atoms with Gasteiger partial charge in [-0.2, -0.15) is 0 Å². The highest BCUT2D eigenvalue weighted by Gasteiger charge is 2.15. The number of aryl methyl sites for hydroxylation is 2. The van der Waals surface area contributed by atoms with E-state index in [1.54, 1.807) is 6.92 Å². The van der Waals surface area contributed by atoms with Gasteiger partial charge in [0.05, 0.1) is 23.3 Å². The summed E-state index contributed by atoms with van der Waals surface area (Å²) in [6.45, 7) is 4.21. The van der Waals surface area contributed by atoms with E-state index in [-0.39, 0.29) is 0 Å². The standard InChI is InChI=1S/C14H13N3O2S/c1-8-13(14(18)19)20-12(15-8)7-17-9(2)16-10-5-3-4-6-11(10)17/h3-6H,7H2,1-2H3,(H,18,19). The molecule has 0 atom stereocenters. The number of aromatic carboxylic acids is 1. The highest BCUT2D eigenvalue weighted by atomic mass is 32.1. The van der Waals surface area contributed by atoms with Crippen molar-refractivity contribution in [3.8, 4) is 0 Å². The molecule has 20 heavy (non-hydrogen) atoms. The van der Waals surface area contributed by atoms with Crippen LogP contribution in [0.2, 0.25) is 0 Å². The molecule has 0 radical (unpaired) electrons.